The standard InChI is InChI=1S/C28H36ClF3N4O4/c1-7-40-25(39)27(6)10-8-19(9-11-27)36-18(3)20(13-34-36)24(38)35(16-26(4,5)28(30,31)32)15-22(37)23-17(2)12-33-14-21(23)29/h12-14,19H,7-11,15-16H2,1-6H3/t19-,27-. The molecule has 1 aliphatic rings. The van der Waals surface area contributed by atoms with E-state index >= 15 is 0 Å². The molecule has 1 saturated carbocycles. The number of Topliss-reactive ketones (excluding diaryl/α,β-unsaturated/α-hetero) is 1. The first-order valence-corrected chi connectivity index (χ1v) is 13.6. The number of ether oxygens (including phenoxy) is 1. The van der Waals surface area contributed by atoms with Crippen LogP contribution in [0, 0.1) is 24.7 Å². The molecule has 220 valence electrons. The lowest BCUT2D eigenvalue weighted by atomic mass is 9.74. The summed E-state index contributed by atoms with van der Waals surface area (Å²) < 4.78 is 48.4. The van der Waals surface area contributed by atoms with E-state index in [0.717, 1.165) is 18.7 Å². The summed E-state index contributed by atoms with van der Waals surface area (Å²) in [6.07, 6.45) is 1.81. The van der Waals surface area contributed by atoms with Crippen LogP contribution in [0.15, 0.2) is 18.6 Å². The molecule has 0 bridgehead atoms. The molecule has 2 heterocycles. The molecular formula is C28H36ClF3N4O4. The Morgan fingerprint density at radius 2 is 1.77 bits per heavy atom. The molecular weight excluding hydrogens is 549 g/mol. The molecule has 12 heteroatoms. The average molecular weight is 585 g/mol. The number of alkyl halides is 3. The maximum atomic E-state index is 13.8. The minimum absolute atomic E-state index is 0.0589. The van der Waals surface area contributed by atoms with Gasteiger partial charge in [0.05, 0.1) is 46.8 Å². The summed E-state index contributed by atoms with van der Waals surface area (Å²) in [5, 5.41) is 4.46. The fourth-order valence-electron chi connectivity index (χ4n) is 5.07. The molecule has 0 saturated heterocycles. The Morgan fingerprint density at radius 3 is 2.33 bits per heavy atom. The van der Waals surface area contributed by atoms with Crippen molar-refractivity contribution in [1.29, 1.82) is 0 Å². The molecule has 1 amide bonds. The number of amides is 1. The predicted octanol–water partition coefficient (Wildman–Crippen LogP) is 6.15. The van der Waals surface area contributed by atoms with Crippen molar-refractivity contribution in [1.82, 2.24) is 19.7 Å². The van der Waals surface area contributed by atoms with Gasteiger partial charge in [-0.05, 0) is 72.8 Å². The van der Waals surface area contributed by atoms with Gasteiger partial charge < -0.3 is 9.64 Å². The first kappa shape index (κ1) is 31.6. The number of rotatable bonds is 9. The quantitative estimate of drug-likeness (QED) is 0.259. The summed E-state index contributed by atoms with van der Waals surface area (Å²) in [7, 11) is 0. The molecule has 8 nitrogen and oxygen atoms in total. The predicted molar refractivity (Wildman–Crippen MR) is 143 cm³/mol. The zero-order valence-corrected chi connectivity index (χ0v) is 24.4. The number of carbonyl (C=O) groups is 3. The van der Waals surface area contributed by atoms with Crippen LogP contribution in [0.25, 0.3) is 0 Å². The smallest absolute Gasteiger partial charge is 0.395 e. The fourth-order valence-corrected chi connectivity index (χ4v) is 5.38. The van der Waals surface area contributed by atoms with Gasteiger partial charge in [-0.1, -0.05) is 11.6 Å². The molecule has 0 N–H and O–H groups in total. The van der Waals surface area contributed by atoms with E-state index in [1.54, 1.807) is 25.5 Å². The SMILES string of the molecule is CCOC(=O)[C@]1(C)CC[C@@H](n2ncc(C(=O)N(CC(=O)c3c(C)cncc3Cl)CC(C)(C)C(F)(F)F)c2C)CC1. The minimum Gasteiger partial charge on any atom is -0.466 e. The van der Waals surface area contributed by atoms with E-state index in [0.29, 0.717) is 43.5 Å². The van der Waals surface area contributed by atoms with Crippen molar-refractivity contribution in [2.75, 3.05) is 19.7 Å². The molecule has 0 atom stereocenters. The van der Waals surface area contributed by atoms with Gasteiger partial charge >= 0.3 is 12.1 Å². The lowest BCUT2D eigenvalue weighted by molar-refractivity contribution is -0.214. The van der Waals surface area contributed by atoms with Gasteiger partial charge in [-0.3, -0.25) is 24.0 Å². The molecule has 40 heavy (non-hydrogen) atoms. The highest BCUT2D eigenvalue weighted by atomic mass is 35.5. The van der Waals surface area contributed by atoms with Crippen molar-refractivity contribution < 1.29 is 32.3 Å². The Morgan fingerprint density at radius 1 is 1.15 bits per heavy atom. The minimum atomic E-state index is -4.62. The van der Waals surface area contributed by atoms with Gasteiger partial charge in [0.2, 0.25) is 0 Å². The second-order valence-corrected chi connectivity index (χ2v) is 11.8. The number of hydrogen-bond donors (Lipinski definition) is 0. The van der Waals surface area contributed by atoms with Gasteiger partial charge in [-0.2, -0.15) is 18.3 Å². The number of ketones is 1. The van der Waals surface area contributed by atoms with Gasteiger partial charge in [0.15, 0.2) is 5.78 Å². The van der Waals surface area contributed by atoms with Crippen LogP contribution in [0.2, 0.25) is 5.02 Å². The van der Waals surface area contributed by atoms with Crippen molar-refractivity contribution in [2.45, 2.75) is 79.4 Å². The third-order valence-electron chi connectivity index (χ3n) is 7.79. The number of pyridine rings is 1. The molecule has 0 aliphatic heterocycles. The number of nitrogens with zero attached hydrogens (tertiary/aromatic N) is 4. The van der Waals surface area contributed by atoms with Gasteiger partial charge in [-0.25, -0.2) is 0 Å². The summed E-state index contributed by atoms with van der Waals surface area (Å²) in [5.41, 5.74) is -1.73. The van der Waals surface area contributed by atoms with Crippen molar-refractivity contribution in [3.63, 3.8) is 0 Å². The highest BCUT2D eigenvalue weighted by Crippen LogP contribution is 2.42. The second kappa shape index (κ2) is 11.9. The highest BCUT2D eigenvalue weighted by molar-refractivity contribution is 6.34. The third-order valence-corrected chi connectivity index (χ3v) is 8.08. The Hall–Kier alpha value is -2.95. The molecule has 0 spiro atoms. The first-order chi connectivity index (χ1) is 18.5. The van der Waals surface area contributed by atoms with Crippen LogP contribution < -0.4 is 0 Å². The summed E-state index contributed by atoms with van der Waals surface area (Å²) in [4.78, 5) is 44.2. The molecule has 1 fully saturated rings. The monoisotopic (exact) mass is 584 g/mol. The van der Waals surface area contributed by atoms with Crippen molar-refractivity contribution in [3.05, 3.63) is 46.0 Å². The largest absolute Gasteiger partial charge is 0.466 e. The first-order valence-electron chi connectivity index (χ1n) is 13.2. The van der Waals surface area contributed by atoms with Crippen molar-refractivity contribution in [3.8, 4) is 0 Å². The second-order valence-electron chi connectivity index (χ2n) is 11.4. The van der Waals surface area contributed by atoms with Crippen LogP contribution >= 0.6 is 11.6 Å². The number of aromatic nitrogens is 3. The topological polar surface area (TPSA) is 94.4 Å². The van der Waals surface area contributed by atoms with E-state index in [-0.39, 0.29) is 28.2 Å². The molecule has 3 rings (SSSR count). The molecule has 2 aromatic heterocycles. The lowest BCUT2D eigenvalue weighted by Crippen LogP contribution is -2.47. The Labute approximate surface area is 237 Å². The van der Waals surface area contributed by atoms with Crippen LogP contribution in [0.3, 0.4) is 0 Å². The van der Waals surface area contributed by atoms with Gasteiger partial charge in [0.25, 0.3) is 5.91 Å². The summed E-state index contributed by atoms with van der Waals surface area (Å²) in [6, 6.07) is -0.0935. The summed E-state index contributed by atoms with van der Waals surface area (Å²) in [5.74, 6) is -1.56. The van der Waals surface area contributed by atoms with Gasteiger partial charge in [0, 0.05) is 30.2 Å². The van der Waals surface area contributed by atoms with Gasteiger partial charge in [0.1, 0.15) is 0 Å². The van der Waals surface area contributed by atoms with Crippen molar-refractivity contribution >= 4 is 29.3 Å². The maximum absolute atomic E-state index is 13.8. The van der Waals surface area contributed by atoms with Crippen LogP contribution in [0.5, 0.6) is 0 Å². The Balaban J connectivity index is 1.88. The number of esters is 1. The molecule has 2 aromatic rings. The fraction of sp³-hybridized carbons (Fsp3) is 0.607. The van der Waals surface area contributed by atoms with Crippen LogP contribution in [0.4, 0.5) is 13.2 Å². The van der Waals surface area contributed by atoms with E-state index in [1.165, 1.54) is 18.6 Å². The zero-order valence-electron chi connectivity index (χ0n) is 23.7. The van der Waals surface area contributed by atoms with Gasteiger partial charge in [-0.15, -0.1) is 0 Å². The summed E-state index contributed by atoms with van der Waals surface area (Å²) >= 11 is 6.17. The van der Waals surface area contributed by atoms with Crippen LogP contribution in [0.1, 0.15) is 91.4 Å². The third kappa shape index (κ3) is 6.50. The van der Waals surface area contributed by atoms with E-state index in [1.807, 2.05) is 6.92 Å². The van der Waals surface area contributed by atoms with E-state index in [4.69, 9.17) is 16.3 Å². The molecule has 0 radical (unpaired) electrons. The van der Waals surface area contributed by atoms with E-state index in [9.17, 15) is 27.6 Å². The zero-order chi connectivity index (χ0) is 30.0. The Bertz CT molecular complexity index is 1250. The van der Waals surface area contributed by atoms with E-state index in [2.05, 4.69) is 10.1 Å². The number of aryl methyl sites for hydroxylation is 1. The van der Waals surface area contributed by atoms with Crippen LogP contribution in [-0.2, 0) is 9.53 Å². The number of halogens is 4. The average Bonchev–Trinajstić information content (AvgIpc) is 3.24. The van der Waals surface area contributed by atoms with E-state index < -0.39 is 41.8 Å². The normalized spacial score (nSPS) is 19.8. The highest BCUT2D eigenvalue weighted by Gasteiger charge is 2.49. The maximum Gasteiger partial charge on any atom is 0.395 e. The number of hydrogen-bond acceptors (Lipinski definition) is 6. The summed E-state index contributed by atoms with van der Waals surface area (Å²) in [6.45, 7) is 7.87. The molecule has 0 aromatic carbocycles. The van der Waals surface area contributed by atoms with Crippen molar-refractivity contribution in [2.24, 2.45) is 10.8 Å². The molecule has 1 aliphatic carbocycles. The lowest BCUT2D eigenvalue weighted by Gasteiger charge is -2.35. The Kier molecular flexibility index (Phi) is 9.38. The van der Waals surface area contributed by atoms with Crippen LogP contribution in [-0.4, -0.2) is 63.2 Å². The number of carbonyl (C=O) groups excluding carboxylic acids is 3. The molecule has 0 unspecified atom stereocenters.